The lowest BCUT2D eigenvalue weighted by Gasteiger charge is -2.31. The van der Waals surface area contributed by atoms with Gasteiger partial charge in [0.25, 0.3) is 0 Å². The quantitative estimate of drug-likeness (QED) is 0.845. The Morgan fingerprint density at radius 2 is 2.00 bits per heavy atom. The maximum Gasteiger partial charge on any atom is 0.0945 e. The molecule has 1 saturated heterocycles. The van der Waals surface area contributed by atoms with E-state index in [1.54, 1.807) is 0 Å². The zero-order valence-electron chi connectivity index (χ0n) is 12.3. The number of aliphatic hydroxyl groups excluding tert-OH is 1. The summed E-state index contributed by atoms with van der Waals surface area (Å²) in [6.45, 7) is 6.76. The van der Waals surface area contributed by atoms with Crippen LogP contribution < -0.4 is 0 Å². The van der Waals surface area contributed by atoms with E-state index in [9.17, 15) is 5.11 Å². The first-order valence-corrected chi connectivity index (χ1v) is 7.73. The molecule has 3 atom stereocenters. The van der Waals surface area contributed by atoms with Crippen LogP contribution in [-0.4, -0.2) is 29.1 Å². The summed E-state index contributed by atoms with van der Waals surface area (Å²) < 4.78 is 0. The van der Waals surface area contributed by atoms with Gasteiger partial charge in [0, 0.05) is 12.6 Å². The molecule has 0 amide bonds. The van der Waals surface area contributed by atoms with Crippen molar-refractivity contribution in [2.24, 2.45) is 5.92 Å². The second kappa shape index (κ2) is 7.06. The van der Waals surface area contributed by atoms with Crippen LogP contribution in [0.15, 0.2) is 30.3 Å². The number of nitrogens with zero attached hydrogens (tertiary/aromatic N) is 1. The fourth-order valence-corrected chi connectivity index (χ4v) is 3.36. The minimum Gasteiger partial charge on any atom is -0.387 e. The first-order chi connectivity index (χ1) is 9.26. The van der Waals surface area contributed by atoms with Gasteiger partial charge < -0.3 is 5.11 Å². The summed E-state index contributed by atoms with van der Waals surface area (Å²) in [6, 6.07) is 10.4. The topological polar surface area (TPSA) is 23.5 Å². The van der Waals surface area contributed by atoms with Crippen LogP contribution >= 0.6 is 0 Å². The molecule has 0 aromatic heterocycles. The Hall–Kier alpha value is -0.860. The number of hydrogen-bond donors (Lipinski definition) is 1. The fourth-order valence-electron chi connectivity index (χ4n) is 3.36. The molecule has 1 aliphatic heterocycles. The van der Waals surface area contributed by atoms with Crippen molar-refractivity contribution in [1.29, 1.82) is 0 Å². The third-order valence-corrected chi connectivity index (χ3v) is 4.41. The molecule has 1 heterocycles. The van der Waals surface area contributed by atoms with E-state index < -0.39 is 0 Å². The summed E-state index contributed by atoms with van der Waals surface area (Å²) >= 11 is 0. The van der Waals surface area contributed by atoms with E-state index in [0.717, 1.165) is 31.0 Å². The van der Waals surface area contributed by atoms with Crippen LogP contribution in [0.1, 0.15) is 51.2 Å². The predicted octanol–water partition coefficient (Wildman–Crippen LogP) is 3.62. The van der Waals surface area contributed by atoms with Gasteiger partial charge >= 0.3 is 0 Å². The monoisotopic (exact) mass is 261 g/mol. The molecule has 1 aromatic rings. The standard InChI is InChI=1S/C17H27NO/c1-3-8-14-11-12-18(13-14)16(4-2)17(19)15-9-6-5-7-10-15/h5-7,9-10,14,16-17,19H,3-4,8,11-13H2,1-2H3. The van der Waals surface area contributed by atoms with Gasteiger partial charge in [-0.25, -0.2) is 0 Å². The highest BCUT2D eigenvalue weighted by Crippen LogP contribution is 2.29. The summed E-state index contributed by atoms with van der Waals surface area (Å²) in [4.78, 5) is 2.50. The van der Waals surface area contributed by atoms with Crippen molar-refractivity contribution in [1.82, 2.24) is 4.90 Å². The molecule has 2 nitrogen and oxygen atoms in total. The Bertz CT molecular complexity index is 365. The van der Waals surface area contributed by atoms with Crippen molar-refractivity contribution in [3.8, 4) is 0 Å². The summed E-state index contributed by atoms with van der Waals surface area (Å²) in [5.74, 6) is 0.835. The zero-order chi connectivity index (χ0) is 13.7. The van der Waals surface area contributed by atoms with E-state index in [0.29, 0.717) is 0 Å². The molecule has 1 aliphatic rings. The van der Waals surface area contributed by atoms with Crippen molar-refractivity contribution < 1.29 is 5.11 Å². The van der Waals surface area contributed by atoms with Crippen molar-refractivity contribution in [3.63, 3.8) is 0 Å². The van der Waals surface area contributed by atoms with Crippen LogP contribution in [0, 0.1) is 5.92 Å². The van der Waals surface area contributed by atoms with Gasteiger partial charge in [0.1, 0.15) is 0 Å². The highest BCUT2D eigenvalue weighted by molar-refractivity contribution is 5.19. The van der Waals surface area contributed by atoms with Crippen LogP contribution in [0.25, 0.3) is 0 Å². The molecule has 0 aliphatic carbocycles. The fraction of sp³-hybridized carbons (Fsp3) is 0.647. The van der Waals surface area contributed by atoms with Crippen molar-refractivity contribution in [2.45, 2.75) is 51.7 Å². The lowest BCUT2D eigenvalue weighted by Crippen LogP contribution is -2.37. The molecule has 106 valence electrons. The third kappa shape index (κ3) is 3.58. The van der Waals surface area contributed by atoms with E-state index in [1.807, 2.05) is 30.3 Å². The molecule has 2 rings (SSSR count). The van der Waals surface area contributed by atoms with Crippen LogP contribution in [0.3, 0.4) is 0 Å². The highest BCUT2D eigenvalue weighted by Gasteiger charge is 2.31. The van der Waals surface area contributed by atoms with Crippen LogP contribution in [0.4, 0.5) is 0 Å². The lowest BCUT2D eigenvalue weighted by atomic mass is 9.99. The zero-order valence-corrected chi connectivity index (χ0v) is 12.3. The van der Waals surface area contributed by atoms with E-state index in [4.69, 9.17) is 0 Å². The summed E-state index contributed by atoms with van der Waals surface area (Å²) in [5, 5.41) is 10.6. The van der Waals surface area contributed by atoms with Gasteiger partial charge in [-0.15, -0.1) is 0 Å². The minimum absolute atomic E-state index is 0.268. The molecule has 1 N–H and O–H groups in total. The number of likely N-dealkylation sites (tertiary alicyclic amines) is 1. The van der Waals surface area contributed by atoms with Gasteiger partial charge in [-0.1, -0.05) is 50.6 Å². The van der Waals surface area contributed by atoms with Gasteiger partial charge in [-0.3, -0.25) is 4.90 Å². The molecule has 0 bridgehead atoms. The molecular weight excluding hydrogens is 234 g/mol. The Morgan fingerprint density at radius 3 is 2.63 bits per heavy atom. The molecule has 0 spiro atoms. The molecule has 1 aromatic carbocycles. The third-order valence-electron chi connectivity index (χ3n) is 4.41. The number of benzene rings is 1. The second-order valence-electron chi connectivity index (χ2n) is 5.77. The van der Waals surface area contributed by atoms with E-state index >= 15 is 0 Å². The number of rotatable bonds is 6. The Balaban J connectivity index is 2.00. The maximum atomic E-state index is 10.6. The maximum absolute atomic E-state index is 10.6. The smallest absolute Gasteiger partial charge is 0.0945 e. The number of hydrogen-bond acceptors (Lipinski definition) is 2. The van der Waals surface area contributed by atoms with Gasteiger partial charge in [0.15, 0.2) is 0 Å². The van der Waals surface area contributed by atoms with Gasteiger partial charge in [0.2, 0.25) is 0 Å². The molecule has 19 heavy (non-hydrogen) atoms. The highest BCUT2D eigenvalue weighted by atomic mass is 16.3. The largest absolute Gasteiger partial charge is 0.387 e. The average molecular weight is 261 g/mol. The molecule has 2 heteroatoms. The van der Waals surface area contributed by atoms with E-state index in [-0.39, 0.29) is 12.1 Å². The van der Waals surface area contributed by atoms with E-state index in [1.165, 1.54) is 19.3 Å². The molecule has 0 saturated carbocycles. The number of aliphatic hydroxyl groups is 1. The molecule has 1 fully saturated rings. The summed E-state index contributed by atoms with van der Waals surface area (Å²) in [7, 11) is 0. The van der Waals surface area contributed by atoms with Crippen LogP contribution in [0.2, 0.25) is 0 Å². The molecule has 0 radical (unpaired) electrons. The van der Waals surface area contributed by atoms with Crippen molar-refractivity contribution >= 4 is 0 Å². The van der Waals surface area contributed by atoms with E-state index in [2.05, 4.69) is 18.7 Å². The first-order valence-electron chi connectivity index (χ1n) is 7.73. The SMILES string of the molecule is CCCC1CCN(C(CC)C(O)c2ccccc2)C1. The van der Waals surface area contributed by atoms with Crippen molar-refractivity contribution in [2.75, 3.05) is 13.1 Å². The Labute approximate surface area is 117 Å². The molecule has 3 unspecified atom stereocenters. The molecular formula is C17H27NO. The lowest BCUT2D eigenvalue weighted by molar-refractivity contribution is 0.0567. The Kier molecular flexibility index (Phi) is 5.41. The first kappa shape index (κ1) is 14.5. The predicted molar refractivity (Wildman–Crippen MR) is 80.1 cm³/mol. The van der Waals surface area contributed by atoms with Crippen LogP contribution in [0.5, 0.6) is 0 Å². The van der Waals surface area contributed by atoms with Gasteiger partial charge in [0.05, 0.1) is 6.10 Å². The normalized spacial score (nSPS) is 23.4. The average Bonchev–Trinajstić information content (AvgIpc) is 2.89. The van der Waals surface area contributed by atoms with Gasteiger partial charge in [-0.05, 0) is 37.3 Å². The second-order valence-corrected chi connectivity index (χ2v) is 5.77. The minimum atomic E-state index is -0.355. The Morgan fingerprint density at radius 1 is 1.26 bits per heavy atom. The summed E-state index contributed by atoms with van der Waals surface area (Å²) in [5.41, 5.74) is 1.05. The van der Waals surface area contributed by atoms with Gasteiger partial charge in [-0.2, -0.15) is 0 Å². The van der Waals surface area contributed by atoms with Crippen LogP contribution in [-0.2, 0) is 0 Å². The van der Waals surface area contributed by atoms with Crippen molar-refractivity contribution in [3.05, 3.63) is 35.9 Å². The summed E-state index contributed by atoms with van der Waals surface area (Å²) in [6.07, 6.45) is 4.55.